The Labute approximate surface area is 213 Å². The maximum Gasteiger partial charge on any atom is 0.243 e. The molecule has 2 unspecified atom stereocenters. The summed E-state index contributed by atoms with van der Waals surface area (Å²) < 4.78 is 6.34. The van der Waals surface area contributed by atoms with Crippen LogP contribution >= 0.6 is 11.8 Å². The molecule has 1 saturated heterocycles. The average Bonchev–Trinajstić information content (AvgIpc) is 3.26. The number of ether oxygens (including phenoxy) is 1. The molecular formula is C29H34N4OS. The zero-order valence-electron chi connectivity index (χ0n) is 20.8. The Morgan fingerprint density at radius 1 is 1.03 bits per heavy atom. The van der Waals surface area contributed by atoms with Crippen LogP contribution in [0.3, 0.4) is 0 Å². The number of rotatable bonds is 6. The van der Waals surface area contributed by atoms with Gasteiger partial charge in [0.15, 0.2) is 5.17 Å². The SMILES string of the molecule is CC(C)(C)c1ccccc1Oc1ncccc1NC1=NC2CCN(CCc3ccccc3)CC2S1. The van der Waals surface area contributed by atoms with Crippen LogP contribution < -0.4 is 10.1 Å². The zero-order valence-corrected chi connectivity index (χ0v) is 21.6. The summed E-state index contributed by atoms with van der Waals surface area (Å²) in [6.45, 7) is 9.87. The minimum absolute atomic E-state index is 0.0214. The monoisotopic (exact) mass is 486 g/mol. The second-order valence-corrected chi connectivity index (χ2v) is 11.5. The van der Waals surface area contributed by atoms with Crippen LogP contribution in [0, 0.1) is 0 Å². The number of aromatic nitrogens is 1. The number of hydrogen-bond acceptors (Lipinski definition) is 6. The number of pyridine rings is 1. The van der Waals surface area contributed by atoms with Crippen LogP contribution in [0.15, 0.2) is 77.9 Å². The standard InChI is InChI=1S/C29H34N4OS/c1-29(2,3)22-12-7-8-14-25(22)34-27-24(13-9-17-30-27)32-28-31-23-16-19-33(20-26(23)35-28)18-15-21-10-5-4-6-11-21/h4-14,17,23,26H,15-16,18-20H2,1-3H3,(H,31,32). The Kier molecular flexibility index (Phi) is 7.12. The van der Waals surface area contributed by atoms with Crippen molar-refractivity contribution in [2.24, 2.45) is 4.99 Å². The predicted molar refractivity (Wildman–Crippen MR) is 147 cm³/mol. The topological polar surface area (TPSA) is 49.8 Å². The van der Waals surface area contributed by atoms with E-state index < -0.39 is 0 Å². The summed E-state index contributed by atoms with van der Waals surface area (Å²) >= 11 is 1.85. The van der Waals surface area contributed by atoms with Crippen LogP contribution in [0.5, 0.6) is 11.6 Å². The molecule has 0 spiro atoms. The number of anilines is 1. The Morgan fingerprint density at radius 2 is 1.83 bits per heavy atom. The highest BCUT2D eigenvalue weighted by atomic mass is 32.2. The molecule has 2 aromatic carbocycles. The summed E-state index contributed by atoms with van der Waals surface area (Å²) in [6.07, 6.45) is 3.97. The first-order chi connectivity index (χ1) is 17.0. The van der Waals surface area contributed by atoms with Crippen molar-refractivity contribution in [3.63, 3.8) is 0 Å². The molecule has 0 radical (unpaired) electrons. The number of piperidine rings is 1. The van der Waals surface area contributed by atoms with Crippen molar-refractivity contribution < 1.29 is 4.74 Å². The largest absolute Gasteiger partial charge is 0.437 e. The van der Waals surface area contributed by atoms with Crippen LogP contribution in [0.2, 0.25) is 0 Å². The Bertz CT molecular complexity index is 1170. The quantitative estimate of drug-likeness (QED) is 0.439. The summed E-state index contributed by atoms with van der Waals surface area (Å²) in [5.74, 6) is 1.41. The van der Waals surface area contributed by atoms with E-state index in [2.05, 4.69) is 78.4 Å². The van der Waals surface area contributed by atoms with Gasteiger partial charge in [-0.2, -0.15) is 0 Å². The number of amidine groups is 1. The van der Waals surface area contributed by atoms with Gasteiger partial charge < -0.3 is 15.0 Å². The Balaban J connectivity index is 1.23. The predicted octanol–water partition coefficient (Wildman–Crippen LogP) is 6.37. The highest BCUT2D eigenvalue weighted by Crippen LogP contribution is 2.37. The molecule has 1 aromatic heterocycles. The molecule has 5 rings (SSSR count). The third kappa shape index (κ3) is 5.88. The van der Waals surface area contributed by atoms with Gasteiger partial charge in [-0.3, -0.25) is 4.99 Å². The maximum absolute atomic E-state index is 6.34. The summed E-state index contributed by atoms with van der Waals surface area (Å²) in [5.41, 5.74) is 3.39. The molecule has 3 aromatic rings. The van der Waals surface area contributed by atoms with Crippen molar-refractivity contribution in [3.05, 3.63) is 84.1 Å². The lowest BCUT2D eigenvalue weighted by Crippen LogP contribution is -2.43. The number of thioether (sulfide) groups is 1. The smallest absolute Gasteiger partial charge is 0.243 e. The molecule has 1 N–H and O–H groups in total. The molecule has 0 saturated carbocycles. The number of para-hydroxylation sites is 1. The number of nitrogens with one attached hydrogen (secondary N) is 1. The van der Waals surface area contributed by atoms with Crippen molar-refractivity contribution in [1.82, 2.24) is 9.88 Å². The van der Waals surface area contributed by atoms with Gasteiger partial charge in [0.1, 0.15) is 11.4 Å². The van der Waals surface area contributed by atoms with Crippen LogP contribution in [0.25, 0.3) is 0 Å². The van der Waals surface area contributed by atoms with Crippen molar-refractivity contribution in [2.75, 3.05) is 25.0 Å². The number of nitrogens with zero attached hydrogens (tertiary/aromatic N) is 3. The highest BCUT2D eigenvalue weighted by Gasteiger charge is 2.35. The second-order valence-electron chi connectivity index (χ2n) is 10.3. The first-order valence-corrected chi connectivity index (χ1v) is 13.3. The molecule has 6 heteroatoms. The minimum atomic E-state index is -0.0214. The summed E-state index contributed by atoms with van der Waals surface area (Å²) in [5, 5.41) is 4.98. The third-order valence-corrected chi connectivity index (χ3v) is 7.83. The van der Waals surface area contributed by atoms with Crippen molar-refractivity contribution in [1.29, 1.82) is 0 Å². The van der Waals surface area contributed by atoms with Gasteiger partial charge in [0.25, 0.3) is 0 Å². The van der Waals surface area contributed by atoms with E-state index in [0.717, 1.165) is 54.6 Å². The fraction of sp³-hybridized carbons (Fsp3) is 0.379. The molecule has 5 nitrogen and oxygen atoms in total. The molecule has 3 heterocycles. The van der Waals surface area contributed by atoms with E-state index >= 15 is 0 Å². The first-order valence-electron chi connectivity index (χ1n) is 12.5. The van der Waals surface area contributed by atoms with E-state index in [-0.39, 0.29) is 5.41 Å². The van der Waals surface area contributed by atoms with Gasteiger partial charge in [0.2, 0.25) is 5.88 Å². The number of benzene rings is 2. The van der Waals surface area contributed by atoms with Crippen LogP contribution in [-0.4, -0.2) is 46.0 Å². The molecule has 0 aliphatic carbocycles. The Hall–Kier alpha value is -2.83. The lowest BCUT2D eigenvalue weighted by atomic mass is 9.86. The van der Waals surface area contributed by atoms with E-state index in [9.17, 15) is 0 Å². The van der Waals surface area contributed by atoms with E-state index in [4.69, 9.17) is 9.73 Å². The number of fused-ring (bicyclic) bond motifs is 1. The van der Waals surface area contributed by atoms with Crippen molar-refractivity contribution in [2.45, 2.75) is 50.3 Å². The fourth-order valence-corrected chi connectivity index (χ4v) is 6.01. The molecular weight excluding hydrogens is 452 g/mol. The first kappa shape index (κ1) is 23.9. The summed E-state index contributed by atoms with van der Waals surface area (Å²) in [6, 6.07) is 23.3. The van der Waals surface area contributed by atoms with Crippen molar-refractivity contribution in [3.8, 4) is 11.6 Å². The van der Waals surface area contributed by atoms with Gasteiger partial charge in [-0.25, -0.2) is 4.98 Å². The van der Waals surface area contributed by atoms with E-state index in [1.165, 1.54) is 5.56 Å². The van der Waals surface area contributed by atoms with Crippen LogP contribution in [-0.2, 0) is 11.8 Å². The zero-order chi connectivity index (χ0) is 24.3. The van der Waals surface area contributed by atoms with Gasteiger partial charge >= 0.3 is 0 Å². The lowest BCUT2D eigenvalue weighted by Gasteiger charge is -2.33. The van der Waals surface area contributed by atoms with Gasteiger partial charge in [0.05, 0.1) is 6.04 Å². The highest BCUT2D eigenvalue weighted by molar-refractivity contribution is 8.15. The summed E-state index contributed by atoms with van der Waals surface area (Å²) in [4.78, 5) is 12.1. The fourth-order valence-electron chi connectivity index (χ4n) is 4.71. The van der Waals surface area contributed by atoms with Gasteiger partial charge in [-0.05, 0) is 42.0 Å². The number of aliphatic imine (C=N–C) groups is 1. The second kappa shape index (κ2) is 10.4. The van der Waals surface area contributed by atoms with E-state index in [1.54, 1.807) is 6.20 Å². The summed E-state index contributed by atoms with van der Waals surface area (Å²) in [7, 11) is 0. The number of hydrogen-bond donors (Lipinski definition) is 1. The third-order valence-electron chi connectivity index (χ3n) is 6.63. The molecule has 2 aliphatic rings. The normalized spacial score (nSPS) is 20.3. The minimum Gasteiger partial charge on any atom is -0.437 e. The molecule has 0 bridgehead atoms. The molecule has 182 valence electrons. The van der Waals surface area contributed by atoms with Crippen LogP contribution in [0.1, 0.15) is 38.3 Å². The van der Waals surface area contributed by atoms with Gasteiger partial charge in [-0.15, -0.1) is 0 Å². The van der Waals surface area contributed by atoms with Crippen molar-refractivity contribution >= 4 is 22.6 Å². The Morgan fingerprint density at radius 3 is 2.66 bits per heavy atom. The molecule has 35 heavy (non-hydrogen) atoms. The number of likely N-dealkylation sites (tertiary alicyclic amines) is 1. The maximum atomic E-state index is 6.34. The van der Waals surface area contributed by atoms with Gasteiger partial charge in [0, 0.05) is 36.6 Å². The lowest BCUT2D eigenvalue weighted by molar-refractivity contribution is 0.224. The van der Waals surface area contributed by atoms with Gasteiger partial charge in [-0.1, -0.05) is 81.1 Å². The van der Waals surface area contributed by atoms with E-state index in [0.29, 0.717) is 17.2 Å². The van der Waals surface area contributed by atoms with Crippen LogP contribution in [0.4, 0.5) is 5.69 Å². The molecule has 2 atom stereocenters. The van der Waals surface area contributed by atoms with E-state index in [1.807, 2.05) is 36.0 Å². The average molecular weight is 487 g/mol. The molecule has 0 amide bonds. The molecule has 1 fully saturated rings. The molecule has 2 aliphatic heterocycles.